The smallest absolute Gasteiger partial charge is 0.320 e. The Hall–Kier alpha value is -0.610. The minimum atomic E-state index is -0.0960. The molecule has 112 valence electrons. The van der Waals surface area contributed by atoms with Crippen molar-refractivity contribution >= 4 is 5.97 Å². The van der Waals surface area contributed by atoms with Crippen LogP contribution >= 0.6 is 0 Å². The summed E-state index contributed by atoms with van der Waals surface area (Å²) in [6, 6.07) is 0. The van der Waals surface area contributed by atoms with E-state index in [4.69, 9.17) is 4.74 Å². The molecule has 1 saturated heterocycles. The van der Waals surface area contributed by atoms with Gasteiger partial charge in [0.1, 0.15) is 0 Å². The van der Waals surface area contributed by atoms with E-state index in [1.165, 1.54) is 0 Å². The molecule has 1 aliphatic heterocycles. The summed E-state index contributed by atoms with van der Waals surface area (Å²) in [5, 5.41) is 3.56. The van der Waals surface area contributed by atoms with Crippen LogP contribution in [0.25, 0.3) is 0 Å². The number of carbonyl (C=O) groups is 1. The van der Waals surface area contributed by atoms with Gasteiger partial charge < -0.3 is 10.1 Å². The molecule has 4 nitrogen and oxygen atoms in total. The van der Waals surface area contributed by atoms with Crippen LogP contribution in [-0.2, 0) is 9.53 Å². The van der Waals surface area contributed by atoms with Gasteiger partial charge in [-0.1, -0.05) is 0 Å². The van der Waals surface area contributed by atoms with E-state index in [9.17, 15) is 4.79 Å². The van der Waals surface area contributed by atoms with E-state index < -0.39 is 0 Å². The zero-order valence-corrected chi connectivity index (χ0v) is 13.2. The molecule has 0 spiro atoms. The van der Waals surface area contributed by atoms with E-state index in [1.807, 2.05) is 13.8 Å². The standard InChI is InChI=1S/C15H30N2O2/c1-12(2)19-14(18)11-17-8-6-13(7-9-17)10-16-15(3,4)5/h12-13,16H,6-11H2,1-5H3. The lowest BCUT2D eigenvalue weighted by Crippen LogP contribution is -2.44. The molecule has 0 radical (unpaired) electrons. The highest BCUT2D eigenvalue weighted by Gasteiger charge is 2.22. The molecule has 0 amide bonds. The van der Waals surface area contributed by atoms with Crippen LogP contribution in [0.15, 0.2) is 0 Å². The van der Waals surface area contributed by atoms with Crippen molar-refractivity contribution in [1.29, 1.82) is 0 Å². The maximum Gasteiger partial charge on any atom is 0.320 e. The summed E-state index contributed by atoms with van der Waals surface area (Å²) in [6.07, 6.45) is 2.32. The fraction of sp³-hybridized carbons (Fsp3) is 0.933. The normalized spacial score (nSPS) is 18.8. The Bertz CT molecular complexity index is 276. The van der Waals surface area contributed by atoms with Crippen LogP contribution in [0.5, 0.6) is 0 Å². The van der Waals surface area contributed by atoms with Gasteiger partial charge >= 0.3 is 5.97 Å². The average molecular weight is 270 g/mol. The van der Waals surface area contributed by atoms with Gasteiger partial charge in [-0.15, -0.1) is 0 Å². The fourth-order valence-corrected chi connectivity index (χ4v) is 2.28. The first-order valence-electron chi connectivity index (χ1n) is 7.43. The highest BCUT2D eigenvalue weighted by atomic mass is 16.5. The van der Waals surface area contributed by atoms with Gasteiger partial charge in [0, 0.05) is 5.54 Å². The largest absolute Gasteiger partial charge is 0.462 e. The van der Waals surface area contributed by atoms with Crippen LogP contribution in [0.4, 0.5) is 0 Å². The lowest BCUT2D eigenvalue weighted by Gasteiger charge is -2.33. The monoisotopic (exact) mass is 270 g/mol. The molecular formula is C15H30N2O2. The van der Waals surface area contributed by atoms with E-state index in [2.05, 4.69) is 31.0 Å². The van der Waals surface area contributed by atoms with Crippen molar-refractivity contribution in [3.05, 3.63) is 0 Å². The summed E-state index contributed by atoms with van der Waals surface area (Å²) in [6.45, 7) is 13.9. The lowest BCUT2D eigenvalue weighted by molar-refractivity contribution is -0.149. The second-order valence-electron chi connectivity index (χ2n) is 6.89. The van der Waals surface area contributed by atoms with Gasteiger partial charge in [0.05, 0.1) is 12.6 Å². The van der Waals surface area contributed by atoms with Gasteiger partial charge in [-0.05, 0) is 73.0 Å². The third-order valence-corrected chi connectivity index (χ3v) is 3.35. The van der Waals surface area contributed by atoms with Gasteiger partial charge in [0.2, 0.25) is 0 Å². The molecule has 1 aliphatic rings. The topological polar surface area (TPSA) is 41.6 Å². The molecule has 0 unspecified atom stereocenters. The molecule has 0 aromatic rings. The maximum atomic E-state index is 11.6. The van der Waals surface area contributed by atoms with Crippen molar-refractivity contribution in [3.8, 4) is 0 Å². The fourth-order valence-electron chi connectivity index (χ4n) is 2.28. The van der Waals surface area contributed by atoms with Crippen molar-refractivity contribution in [2.75, 3.05) is 26.2 Å². The Morgan fingerprint density at radius 3 is 2.37 bits per heavy atom. The molecule has 1 N–H and O–H groups in total. The zero-order chi connectivity index (χ0) is 14.5. The van der Waals surface area contributed by atoms with Crippen molar-refractivity contribution in [1.82, 2.24) is 10.2 Å². The molecule has 0 aromatic heterocycles. The summed E-state index contributed by atoms with van der Waals surface area (Å²) in [7, 11) is 0. The minimum absolute atomic E-state index is 0.0129. The molecular weight excluding hydrogens is 240 g/mol. The Morgan fingerprint density at radius 1 is 1.32 bits per heavy atom. The van der Waals surface area contributed by atoms with Crippen molar-refractivity contribution in [2.24, 2.45) is 5.92 Å². The van der Waals surface area contributed by atoms with Crippen LogP contribution in [0.2, 0.25) is 0 Å². The quantitative estimate of drug-likeness (QED) is 0.776. The molecule has 19 heavy (non-hydrogen) atoms. The van der Waals surface area contributed by atoms with Crippen molar-refractivity contribution in [3.63, 3.8) is 0 Å². The third kappa shape index (κ3) is 7.53. The maximum absolute atomic E-state index is 11.6. The molecule has 1 heterocycles. The van der Waals surface area contributed by atoms with E-state index in [-0.39, 0.29) is 17.6 Å². The zero-order valence-electron chi connectivity index (χ0n) is 13.2. The molecule has 0 saturated carbocycles. The number of likely N-dealkylation sites (tertiary alicyclic amines) is 1. The molecule has 0 aromatic carbocycles. The first-order chi connectivity index (χ1) is 8.76. The number of nitrogens with one attached hydrogen (secondary N) is 1. The Labute approximate surface area is 117 Å². The van der Waals surface area contributed by atoms with Crippen LogP contribution in [0, 0.1) is 5.92 Å². The summed E-state index contributed by atoms with van der Waals surface area (Å²) >= 11 is 0. The predicted molar refractivity (Wildman–Crippen MR) is 78.1 cm³/mol. The molecule has 0 aliphatic carbocycles. The van der Waals surface area contributed by atoms with E-state index in [1.54, 1.807) is 0 Å². The number of carbonyl (C=O) groups excluding carboxylic acids is 1. The number of hydrogen-bond donors (Lipinski definition) is 1. The van der Waals surface area contributed by atoms with Gasteiger partial charge in [0.15, 0.2) is 0 Å². The number of rotatable bonds is 5. The van der Waals surface area contributed by atoms with Crippen LogP contribution < -0.4 is 5.32 Å². The highest BCUT2D eigenvalue weighted by molar-refractivity contribution is 5.71. The second-order valence-corrected chi connectivity index (χ2v) is 6.89. The molecule has 4 heteroatoms. The summed E-state index contributed by atoms with van der Waals surface area (Å²) < 4.78 is 5.18. The number of hydrogen-bond acceptors (Lipinski definition) is 4. The highest BCUT2D eigenvalue weighted by Crippen LogP contribution is 2.17. The number of piperidine rings is 1. The van der Waals surface area contributed by atoms with E-state index in [0.29, 0.717) is 6.54 Å². The lowest BCUT2D eigenvalue weighted by atomic mass is 9.95. The average Bonchev–Trinajstić information content (AvgIpc) is 2.26. The van der Waals surface area contributed by atoms with Gasteiger partial charge in [-0.25, -0.2) is 0 Å². The van der Waals surface area contributed by atoms with Gasteiger partial charge in [0.25, 0.3) is 0 Å². The van der Waals surface area contributed by atoms with Crippen molar-refractivity contribution < 1.29 is 9.53 Å². The third-order valence-electron chi connectivity index (χ3n) is 3.35. The summed E-state index contributed by atoms with van der Waals surface area (Å²) in [5.74, 6) is 0.637. The Balaban J connectivity index is 2.20. The number of nitrogens with zero attached hydrogens (tertiary/aromatic N) is 1. The first-order valence-corrected chi connectivity index (χ1v) is 7.43. The number of esters is 1. The molecule has 1 rings (SSSR count). The van der Waals surface area contributed by atoms with Crippen molar-refractivity contribution in [2.45, 2.75) is 59.1 Å². The molecule has 0 atom stereocenters. The second kappa shape index (κ2) is 7.25. The van der Waals surface area contributed by atoms with Crippen LogP contribution in [0.3, 0.4) is 0 Å². The molecule has 1 fully saturated rings. The predicted octanol–water partition coefficient (Wildman–Crippen LogP) is 2.04. The van der Waals surface area contributed by atoms with Gasteiger partial charge in [-0.3, -0.25) is 9.69 Å². The SMILES string of the molecule is CC(C)OC(=O)CN1CCC(CNC(C)(C)C)CC1. The first kappa shape index (κ1) is 16.4. The minimum Gasteiger partial charge on any atom is -0.462 e. The Kier molecular flexibility index (Phi) is 6.27. The van der Waals surface area contributed by atoms with E-state index in [0.717, 1.165) is 38.4 Å². The van der Waals surface area contributed by atoms with Crippen LogP contribution in [0.1, 0.15) is 47.5 Å². The van der Waals surface area contributed by atoms with E-state index >= 15 is 0 Å². The van der Waals surface area contributed by atoms with Crippen LogP contribution in [-0.4, -0.2) is 48.7 Å². The Morgan fingerprint density at radius 2 is 1.89 bits per heavy atom. The number of ether oxygens (including phenoxy) is 1. The van der Waals surface area contributed by atoms with Gasteiger partial charge in [-0.2, -0.15) is 0 Å². The summed E-state index contributed by atoms with van der Waals surface area (Å²) in [5.41, 5.74) is 0.193. The summed E-state index contributed by atoms with van der Waals surface area (Å²) in [4.78, 5) is 13.8. The molecule has 0 bridgehead atoms.